The summed E-state index contributed by atoms with van der Waals surface area (Å²) in [6.07, 6.45) is 16.9. The summed E-state index contributed by atoms with van der Waals surface area (Å²) in [7, 11) is 0. The van der Waals surface area contributed by atoms with E-state index in [2.05, 4.69) is 40.3 Å². The highest BCUT2D eigenvalue weighted by atomic mass is 16.5. The quantitative estimate of drug-likeness (QED) is 0.222. The van der Waals surface area contributed by atoms with E-state index >= 15 is 0 Å². The first-order valence-electron chi connectivity index (χ1n) is 11.5. The van der Waals surface area contributed by atoms with E-state index in [1.807, 2.05) is 6.07 Å². The number of unbranched alkanes of at least 4 members (excludes halogenated alkanes) is 9. The first-order valence-corrected chi connectivity index (χ1v) is 11.5. The Bertz CT molecular complexity index is 764. The lowest BCUT2D eigenvalue weighted by atomic mass is 10.0. The van der Waals surface area contributed by atoms with Crippen LogP contribution in [0.3, 0.4) is 0 Å². The molecule has 0 amide bonds. The third kappa shape index (κ3) is 7.64. The molecule has 0 unspecified atom stereocenters. The highest BCUT2D eigenvalue weighted by molar-refractivity contribution is 5.86. The number of aromatic nitrogens is 2. The first kappa shape index (κ1) is 21.5. The van der Waals surface area contributed by atoms with Gasteiger partial charge in [-0.05, 0) is 37.3 Å². The zero-order valence-corrected chi connectivity index (χ0v) is 17.9. The molecule has 0 bridgehead atoms. The molecule has 2 aromatic rings. The second-order valence-electron chi connectivity index (χ2n) is 8.34. The number of hydrogen-bond donors (Lipinski definition) is 1. The molecule has 1 aromatic heterocycles. The number of hydrogen-bond acceptors (Lipinski definition) is 4. The van der Waals surface area contributed by atoms with Gasteiger partial charge in [0.15, 0.2) is 0 Å². The van der Waals surface area contributed by atoms with Crippen molar-refractivity contribution in [1.29, 1.82) is 0 Å². The molecule has 0 atom stereocenters. The number of amidine groups is 1. The summed E-state index contributed by atoms with van der Waals surface area (Å²) in [5.74, 6) is 1.59. The molecule has 1 saturated carbocycles. The van der Waals surface area contributed by atoms with E-state index in [1.165, 1.54) is 69.8 Å². The van der Waals surface area contributed by atoms with Gasteiger partial charge >= 0.3 is 6.01 Å². The smallest absolute Gasteiger partial charge is 0.349 e. The van der Waals surface area contributed by atoms with Crippen LogP contribution < -0.4 is 5.73 Å². The Labute approximate surface area is 175 Å². The summed E-state index contributed by atoms with van der Waals surface area (Å²) < 4.78 is 5.25. The monoisotopic (exact) mass is 396 g/mol. The van der Waals surface area contributed by atoms with Crippen molar-refractivity contribution < 1.29 is 4.52 Å². The van der Waals surface area contributed by atoms with Gasteiger partial charge in [0, 0.05) is 11.5 Å². The van der Waals surface area contributed by atoms with Gasteiger partial charge in [-0.25, -0.2) is 0 Å². The third-order valence-corrected chi connectivity index (χ3v) is 5.64. The number of nitrogens with two attached hydrogens (primary N) is 1. The summed E-state index contributed by atoms with van der Waals surface area (Å²) in [5, 5.41) is 4.07. The summed E-state index contributed by atoms with van der Waals surface area (Å²) in [4.78, 5) is 8.63. The van der Waals surface area contributed by atoms with Gasteiger partial charge < -0.3 is 10.3 Å². The Morgan fingerprint density at radius 3 is 2.41 bits per heavy atom. The van der Waals surface area contributed by atoms with E-state index in [0.29, 0.717) is 17.6 Å². The van der Waals surface area contributed by atoms with Crippen molar-refractivity contribution in [3.05, 3.63) is 29.8 Å². The van der Waals surface area contributed by atoms with E-state index < -0.39 is 0 Å². The Hall–Kier alpha value is -2.17. The third-order valence-electron chi connectivity index (χ3n) is 5.64. The number of rotatable bonds is 14. The Balaban J connectivity index is 1.37. The molecule has 0 aliphatic heterocycles. The van der Waals surface area contributed by atoms with Gasteiger partial charge in [0.2, 0.25) is 5.82 Å². The van der Waals surface area contributed by atoms with Gasteiger partial charge in [0.25, 0.3) is 0 Å². The minimum atomic E-state index is 0.254. The van der Waals surface area contributed by atoms with Crippen LogP contribution in [0.25, 0.3) is 11.4 Å². The average Bonchev–Trinajstić information content (AvgIpc) is 3.49. The van der Waals surface area contributed by atoms with Crippen molar-refractivity contribution in [1.82, 2.24) is 10.1 Å². The molecule has 1 fully saturated rings. The van der Waals surface area contributed by atoms with Crippen molar-refractivity contribution >= 4 is 11.9 Å². The molecule has 158 valence electrons. The van der Waals surface area contributed by atoms with Crippen LogP contribution in [-0.2, 0) is 6.42 Å². The van der Waals surface area contributed by atoms with Crippen molar-refractivity contribution in [2.45, 2.75) is 90.4 Å². The lowest BCUT2D eigenvalue weighted by Gasteiger charge is -2.04. The summed E-state index contributed by atoms with van der Waals surface area (Å²) in [5.41, 5.74) is 8.24. The molecule has 5 heteroatoms. The van der Waals surface area contributed by atoms with Crippen LogP contribution in [0.15, 0.2) is 33.8 Å². The molecule has 5 nitrogen and oxygen atoms in total. The van der Waals surface area contributed by atoms with Crippen molar-refractivity contribution in [2.75, 3.05) is 0 Å². The fourth-order valence-electron chi connectivity index (χ4n) is 3.64. The predicted molar refractivity (Wildman–Crippen MR) is 119 cm³/mol. The van der Waals surface area contributed by atoms with Crippen molar-refractivity contribution in [3.8, 4) is 11.4 Å². The van der Waals surface area contributed by atoms with Gasteiger partial charge in [-0.3, -0.25) is 0 Å². The molecule has 0 spiro atoms. The Kier molecular flexibility index (Phi) is 8.72. The maximum Gasteiger partial charge on any atom is 0.349 e. The van der Waals surface area contributed by atoms with Crippen molar-refractivity contribution in [2.24, 2.45) is 16.6 Å². The zero-order valence-electron chi connectivity index (χ0n) is 17.9. The minimum absolute atomic E-state index is 0.254. The summed E-state index contributed by atoms with van der Waals surface area (Å²) in [6, 6.07) is 8.69. The maximum absolute atomic E-state index is 5.93. The zero-order chi connectivity index (χ0) is 20.3. The summed E-state index contributed by atoms with van der Waals surface area (Å²) >= 11 is 0. The lowest BCUT2D eigenvalue weighted by Crippen LogP contribution is -2.13. The average molecular weight is 397 g/mol. The van der Waals surface area contributed by atoms with E-state index in [1.54, 1.807) is 0 Å². The molecule has 0 radical (unpaired) electrons. The fraction of sp³-hybridized carbons (Fsp3) is 0.625. The number of aliphatic imine (C=N–C) groups is 1. The Morgan fingerprint density at radius 1 is 1.03 bits per heavy atom. The predicted octanol–water partition coefficient (Wildman–Crippen LogP) is 6.60. The highest BCUT2D eigenvalue weighted by Crippen LogP contribution is 2.30. The van der Waals surface area contributed by atoms with E-state index in [9.17, 15) is 0 Å². The van der Waals surface area contributed by atoms with Crippen LogP contribution in [0.5, 0.6) is 0 Å². The number of aryl methyl sites for hydroxylation is 1. The first-order chi connectivity index (χ1) is 14.3. The minimum Gasteiger partial charge on any atom is -0.387 e. The normalized spacial score (nSPS) is 14.4. The molecule has 2 N–H and O–H groups in total. The molecular weight excluding hydrogens is 360 g/mol. The SMILES string of the molecule is CCCCCCCCCCCCc1cccc(-c2noc(/N=C(\N)C3CC3)n2)c1. The highest BCUT2D eigenvalue weighted by Gasteiger charge is 2.26. The number of nitrogens with zero attached hydrogens (tertiary/aromatic N) is 3. The van der Waals surface area contributed by atoms with Crippen LogP contribution in [-0.4, -0.2) is 16.0 Å². The van der Waals surface area contributed by atoms with Gasteiger partial charge in [-0.1, -0.05) is 88.1 Å². The molecule has 3 rings (SSSR count). The van der Waals surface area contributed by atoms with Crippen LogP contribution in [0, 0.1) is 5.92 Å². The molecule has 1 aliphatic rings. The molecule has 0 saturated heterocycles. The summed E-state index contributed by atoms with van der Waals surface area (Å²) in [6.45, 7) is 2.27. The van der Waals surface area contributed by atoms with Gasteiger partial charge in [0.05, 0.1) is 0 Å². The molecule has 1 heterocycles. The standard InChI is InChI=1S/C24H36N4O/c1-2-3-4-5-6-7-8-9-10-11-13-19-14-12-15-21(18-19)23-27-24(29-28-23)26-22(25)20-16-17-20/h12,14-15,18,20H,2-11,13,16-17H2,1H3,(H2,25,26,27,28). The lowest BCUT2D eigenvalue weighted by molar-refractivity contribution is 0.430. The molecular formula is C24H36N4O. The fourth-order valence-corrected chi connectivity index (χ4v) is 3.64. The molecule has 1 aromatic carbocycles. The Morgan fingerprint density at radius 2 is 1.72 bits per heavy atom. The second kappa shape index (κ2) is 11.7. The van der Waals surface area contributed by atoms with E-state index in [-0.39, 0.29) is 6.01 Å². The van der Waals surface area contributed by atoms with Gasteiger partial charge in [-0.2, -0.15) is 9.98 Å². The van der Waals surface area contributed by atoms with E-state index in [4.69, 9.17) is 10.3 Å². The topological polar surface area (TPSA) is 77.3 Å². The van der Waals surface area contributed by atoms with Crippen molar-refractivity contribution in [3.63, 3.8) is 0 Å². The maximum atomic E-state index is 5.93. The second-order valence-corrected chi connectivity index (χ2v) is 8.34. The molecule has 1 aliphatic carbocycles. The van der Waals surface area contributed by atoms with Crippen LogP contribution in [0.1, 0.15) is 89.5 Å². The van der Waals surface area contributed by atoms with Gasteiger partial charge in [-0.15, -0.1) is 0 Å². The van der Waals surface area contributed by atoms with Crippen LogP contribution in [0.4, 0.5) is 6.01 Å². The van der Waals surface area contributed by atoms with Crippen LogP contribution in [0.2, 0.25) is 0 Å². The van der Waals surface area contributed by atoms with E-state index in [0.717, 1.165) is 24.8 Å². The molecule has 29 heavy (non-hydrogen) atoms. The number of benzene rings is 1. The van der Waals surface area contributed by atoms with Gasteiger partial charge in [0.1, 0.15) is 5.84 Å². The largest absolute Gasteiger partial charge is 0.387 e. The van der Waals surface area contributed by atoms with Crippen LogP contribution >= 0.6 is 0 Å².